The molecule has 4 heterocycles. The molecule has 0 aliphatic heterocycles. The molecular formula is C17H16N6OS2. The number of hydrogen-bond acceptors (Lipinski definition) is 7. The molecule has 4 aromatic heterocycles. The lowest BCUT2D eigenvalue weighted by atomic mass is 10.2. The van der Waals surface area contributed by atoms with Crippen LogP contribution in [0.1, 0.15) is 16.3 Å². The van der Waals surface area contributed by atoms with Gasteiger partial charge in [0.15, 0.2) is 11.0 Å². The number of thiophene rings is 1. The monoisotopic (exact) mass is 384 g/mol. The molecule has 0 saturated heterocycles. The summed E-state index contributed by atoms with van der Waals surface area (Å²) in [5.74, 6) is 1.93. The minimum atomic E-state index is -0.0807. The van der Waals surface area contributed by atoms with E-state index in [4.69, 9.17) is 0 Å². The number of aryl methyl sites for hydroxylation is 2. The van der Waals surface area contributed by atoms with Gasteiger partial charge in [0.2, 0.25) is 0 Å². The van der Waals surface area contributed by atoms with Crippen LogP contribution < -0.4 is 5.56 Å². The van der Waals surface area contributed by atoms with Crippen LogP contribution >= 0.6 is 23.1 Å². The van der Waals surface area contributed by atoms with Gasteiger partial charge in [-0.25, -0.2) is 4.98 Å². The van der Waals surface area contributed by atoms with Gasteiger partial charge in [-0.2, -0.15) is 0 Å². The predicted octanol–water partition coefficient (Wildman–Crippen LogP) is 3.08. The van der Waals surface area contributed by atoms with Crippen molar-refractivity contribution in [1.29, 1.82) is 0 Å². The first kappa shape index (κ1) is 16.9. The molecule has 0 fully saturated rings. The molecular weight excluding hydrogens is 368 g/mol. The Morgan fingerprint density at radius 2 is 2.00 bits per heavy atom. The molecule has 0 aliphatic carbocycles. The zero-order valence-electron chi connectivity index (χ0n) is 14.5. The Kier molecular flexibility index (Phi) is 4.33. The molecule has 0 radical (unpaired) electrons. The molecule has 4 rings (SSSR count). The number of nitrogens with zero attached hydrogens (tertiary/aromatic N) is 5. The molecule has 0 atom stereocenters. The Morgan fingerprint density at radius 3 is 2.77 bits per heavy atom. The van der Waals surface area contributed by atoms with Gasteiger partial charge in [-0.1, -0.05) is 11.8 Å². The van der Waals surface area contributed by atoms with Crippen molar-refractivity contribution in [2.24, 2.45) is 7.05 Å². The third kappa shape index (κ3) is 2.93. The van der Waals surface area contributed by atoms with E-state index in [2.05, 4.69) is 25.1 Å². The average Bonchev–Trinajstić information content (AvgIpc) is 3.14. The average molecular weight is 384 g/mol. The van der Waals surface area contributed by atoms with Gasteiger partial charge < -0.3 is 9.55 Å². The minimum Gasteiger partial charge on any atom is -0.309 e. The van der Waals surface area contributed by atoms with Crippen LogP contribution in [0.15, 0.2) is 34.5 Å². The van der Waals surface area contributed by atoms with E-state index in [1.54, 1.807) is 23.7 Å². The highest BCUT2D eigenvalue weighted by Crippen LogP contribution is 2.27. The fourth-order valence-electron chi connectivity index (χ4n) is 2.69. The summed E-state index contributed by atoms with van der Waals surface area (Å²) >= 11 is 3.04. The Balaban J connectivity index is 1.59. The second-order valence-corrected chi connectivity index (χ2v) is 8.01. The van der Waals surface area contributed by atoms with E-state index in [0.29, 0.717) is 17.0 Å². The standard InChI is InChI=1S/C17H16N6OS2/c1-9-10(2)26-16-13(9)15(24)19-12(20-16)8-25-17-22-21-14(23(17)3)11-4-6-18-7-5-11/h4-7H,8H2,1-3H3,(H,19,20,24). The number of pyridine rings is 1. The molecule has 0 aliphatic rings. The summed E-state index contributed by atoms with van der Waals surface area (Å²) in [6, 6.07) is 3.79. The summed E-state index contributed by atoms with van der Waals surface area (Å²) in [5.41, 5.74) is 1.88. The smallest absolute Gasteiger partial charge is 0.259 e. The zero-order chi connectivity index (χ0) is 18.3. The minimum absolute atomic E-state index is 0.0807. The van der Waals surface area contributed by atoms with Gasteiger partial charge in [0, 0.05) is 29.9 Å². The van der Waals surface area contributed by atoms with Crippen LogP contribution in [0.25, 0.3) is 21.6 Å². The first-order valence-corrected chi connectivity index (χ1v) is 9.76. The SMILES string of the molecule is Cc1sc2nc(CSc3nnc(-c4ccncc4)n3C)[nH]c(=O)c2c1C. The Bertz CT molecular complexity index is 1150. The summed E-state index contributed by atoms with van der Waals surface area (Å²) < 4.78 is 1.93. The van der Waals surface area contributed by atoms with Crippen LogP contribution in [0, 0.1) is 13.8 Å². The lowest BCUT2D eigenvalue weighted by molar-refractivity contribution is 0.792. The normalized spacial score (nSPS) is 11.3. The van der Waals surface area contributed by atoms with Crippen molar-refractivity contribution < 1.29 is 0 Å². The molecule has 26 heavy (non-hydrogen) atoms. The van der Waals surface area contributed by atoms with Crippen LogP contribution in [0.3, 0.4) is 0 Å². The van der Waals surface area contributed by atoms with Crippen LogP contribution in [0.5, 0.6) is 0 Å². The van der Waals surface area contributed by atoms with Gasteiger partial charge in [-0.05, 0) is 31.5 Å². The number of nitrogens with one attached hydrogen (secondary N) is 1. The largest absolute Gasteiger partial charge is 0.309 e. The van der Waals surface area contributed by atoms with E-state index in [-0.39, 0.29) is 5.56 Å². The number of aromatic amines is 1. The molecule has 9 heteroatoms. The van der Waals surface area contributed by atoms with Crippen molar-refractivity contribution in [3.63, 3.8) is 0 Å². The summed E-state index contributed by atoms with van der Waals surface area (Å²) in [6.45, 7) is 3.97. The summed E-state index contributed by atoms with van der Waals surface area (Å²) in [5, 5.41) is 9.96. The second kappa shape index (κ2) is 6.65. The van der Waals surface area contributed by atoms with Crippen molar-refractivity contribution in [2.45, 2.75) is 24.8 Å². The van der Waals surface area contributed by atoms with E-state index < -0.39 is 0 Å². The Labute approximate surface area is 157 Å². The maximum absolute atomic E-state index is 12.4. The van der Waals surface area contributed by atoms with Crippen molar-refractivity contribution in [3.8, 4) is 11.4 Å². The fourth-order valence-corrected chi connectivity index (χ4v) is 4.52. The zero-order valence-corrected chi connectivity index (χ0v) is 16.1. The Hall–Kier alpha value is -2.52. The number of rotatable bonds is 4. The molecule has 0 saturated carbocycles. The van der Waals surface area contributed by atoms with Crippen LogP contribution in [0.2, 0.25) is 0 Å². The van der Waals surface area contributed by atoms with E-state index >= 15 is 0 Å². The number of aromatic nitrogens is 6. The second-order valence-electron chi connectivity index (χ2n) is 5.87. The predicted molar refractivity (Wildman–Crippen MR) is 104 cm³/mol. The van der Waals surface area contributed by atoms with Gasteiger partial charge in [-0.15, -0.1) is 21.5 Å². The molecule has 0 spiro atoms. The van der Waals surface area contributed by atoms with Crippen LogP contribution in [-0.4, -0.2) is 29.7 Å². The van der Waals surface area contributed by atoms with Gasteiger partial charge in [0.1, 0.15) is 10.7 Å². The molecule has 0 unspecified atom stereocenters. The molecule has 132 valence electrons. The summed E-state index contributed by atoms with van der Waals surface area (Å²) in [6.07, 6.45) is 3.46. The van der Waals surface area contributed by atoms with E-state index in [9.17, 15) is 4.79 Å². The van der Waals surface area contributed by atoms with Gasteiger partial charge in [-0.3, -0.25) is 9.78 Å². The lowest BCUT2D eigenvalue weighted by Gasteiger charge is -2.04. The van der Waals surface area contributed by atoms with Crippen LogP contribution in [0.4, 0.5) is 0 Å². The molecule has 4 aromatic rings. The first-order chi connectivity index (χ1) is 12.5. The third-order valence-corrected chi connectivity index (χ3v) is 6.33. The topological polar surface area (TPSA) is 89.3 Å². The van der Waals surface area contributed by atoms with E-state index in [0.717, 1.165) is 31.8 Å². The Morgan fingerprint density at radius 1 is 1.23 bits per heavy atom. The maximum Gasteiger partial charge on any atom is 0.259 e. The number of hydrogen-bond donors (Lipinski definition) is 1. The first-order valence-electron chi connectivity index (χ1n) is 7.96. The van der Waals surface area contributed by atoms with Crippen LogP contribution in [-0.2, 0) is 12.8 Å². The molecule has 7 nitrogen and oxygen atoms in total. The van der Waals surface area contributed by atoms with Crippen molar-refractivity contribution >= 4 is 33.3 Å². The van der Waals surface area contributed by atoms with Gasteiger partial charge in [0.05, 0.1) is 11.1 Å². The quantitative estimate of drug-likeness (QED) is 0.544. The number of H-pyrrole nitrogens is 1. The summed E-state index contributed by atoms with van der Waals surface area (Å²) in [4.78, 5) is 25.8. The molecule has 1 N–H and O–H groups in total. The van der Waals surface area contributed by atoms with E-state index in [1.165, 1.54) is 11.8 Å². The third-order valence-electron chi connectivity index (χ3n) is 4.20. The highest BCUT2D eigenvalue weighted by atomic mass is 32.2. The van der Waals surface area contributed by atoms with Crippen molar-refractivity contribution in [1.82, 2.24) is 29.7 Å². The number of thioether (sulfide) groups is 1. The van der Waals surface area contributed by atoms with E-state index in [1.807, 2.05) is 37.6 Å². The maximum atomic E-state index is 12.4. The van der Waals surface area contributed by atoms with Gasteiger partial charge >= 0.3 is 0 Å². The molecule has 0 aromatic carbocycles. The highest BCUT2D eigenvalue weighted by molar-refractivity contribution is 7.98. The lowest BCUT2D eigenvalue weighted by Crippen LogP contribution is -2.11. The molecule has 0 amide bonds. The molecule has 0 bridgehead atoms. The fraction of sp³-hybridized carbons (Fsp3) is 0.235. The highest BCUT2D eigenvalue weighted by Gasteiger charge is 2.14. The van der Waals surface area contributed by atoms with Crippen molar-refractivity contribution in [2.75, 3.05) is 0 Å². The number of fused-ring (bicyclic) bond motifs is 1. The summed E-state index contributed by atoms with van der Waals surface area (Å²) in [7, 11) is 1.92. The van der Waals surface area contributed by atoms with Gasteiger partial charge in [0.25, 0.3) is 5.56 Å². The van der Waals surface area contributed by atoms with Crippen molar-refractivity contribution in [3.05, 3.63) is 51.1 Å².